The van der Waals surface area contributed by atoms with Crippen LogP contribution in [-0.2, 0) is 6.42 Å². The number of fused-ring (bicyclic) bond motifs is 1. The number of aromatic nitrogens is 1. The minimum atomic E-state index is -0.338. The molecule has 2 aromatic carbocycles. The van der Waals surface area contributed by atoms with E-state index >= 15 is 0 Å². The van der Waals surface area contributed by atoms with E-state index in [1.54, 1.807) is 24.3 Å². The largest absolute Gasteiger partial charge is 0.338 e. The van der Waals surface area contributed by atoms with Crippen LogP contribution in [0.1, 0.15) is 11.1 Å². The number of aromatic amines is 1. The molecule has 0 saturated heterocycles. The molecule has 0 radical (unpaired) electrons. The second-order valence-corrected chi connectivity index (χ2v) is 6.24. The highest BCUT2D eigenvalue weighted by atomic mass is 35.5. The molecule has 0 unspecified atom stereocenters. The van der Waals surface area contributed by atoms with Crippen LogP contribution < -0.4 is 16.2 Å². The van der Waals surface area contributed by atoms with E-state index in [0.717, 1.165) is 16.5 Å². The van der Waals surface area contributed by atoms with Crippen molar-refractivity contribution in [3.05, 3.63) is 75.0 Å². The summed E-state index contributed by atoms with van der Waals surface area (Å²) in [4.78, 5) is 27.0. The minimum Gasteiger partial charge on any atom is -0.338 e. The SMILES string of the molecule is Cc1cccc2cc(CCNC(=O)Nc3cccc(Cl)c3)c(=O)[nH]c12. The number of urea groups is 1. The summed E-state index contributed by atoms with van der Waals surface area (Å²) in [5, 5.41) is 6.98. The van der Waals surface area contributed by atoms with E-state index < -0.39 is 0 Å². The molecule has 2 amide bonds. The Balaban J connectivity index is 1.62. The summed E-state index contributed by atoms with van der Waals surface area (Å²) in [7, 11) is 0. The van der Waals surface area contributed by atoms with Crippen LogP contribution in [-0.4, -0.2) is 17.6 Å². The van der Waals surface area contributed by atoms with Gasteiger partial charge in [0.2, 0.25) is 0 Å². The highest BCUT2D eigenvalue weighted by Gasteiger charge is 2.06. The number of rotatable bonds is 4. The molecule has 1 aromatic heterocycles. The number of hydrogen-bond acceptors (Lipinski definition) is 2. The van der Waals surface area contributed by atoms with Gasteiger partial charge in [0.1, 0.15) is 0 Å². The molecule has 3 rings (SSSR count). The number of hydrogen-bond donors (Lipinski definition) is 3. The number of anilines is 1. The molecule has 0 saturated carbocycles. The normalized spacial score (nSPS) is 10.6. The van der Waals surface area contributed by atoms with Crippen LogP contribution in [0, 0.1) is 6.92 Å². The number of nitrogens with one attached hydrogen (secondary N) is 3. The fourth-order valence-corrected chi connectivity index (χ4v) is 2.86. The number of halogens is 1. The van der Waals surface area contributed by atoms with Gasteiger partial charge in [-0.15, -0.1) is 0 Å². The van der Waals surface area contributed by atoms with Crippen molar-refractivity contribution in [2.45, 2.75) is 13.3 Å². The molecule has 3 N–H and O–H groups in total. The second-order valence-electron chi connectivity index (χ2n) is 5.80. The summed E-state index contributed by atoms with van der Waals surface area (Å²) in [5.74, 6) is 0. The molecule has 25 heavy (non-hydrogen) atoms. The number of para-hydroxylation sites is 1. The molecular weight excluding hydrogens is 338 g/mol. The van der Waals surface area contributed by atoms with Gasteiger partial charge >= 0.3 is 6.03 Å². The Hall–Kier alpha value is -2.79. The molecule has 128 valence electrons. The van der Waals surface area contributed by atoms with Crippen molar-refractivity contribution in [3.63, 3.8) is 0 Å². The van der Waals surface area contributed by atoms with Gasteiger partial charge in [-0.1, -0.05) is 35.9 Å². The monoisotopic (exact) mass is 355 g/mol. The predicted octanol–water partition coefficient (Wildman–Crippen LogP) is 3.85. The summed E-state index contributed by atoms with van der Waals surface area (Å²) >= 11 is 5.88. The van der Waals surface area contributed by atoms with Crippen LogP contribution in [0.4, 0.5) is 10.5 Å². The lowest BCUT2D eigenvalue weighted by Crippen LogP contribution is -2.31. The van der Waals surface area contributed by atoms with Crippen LogP contribution in [0.2, 0.25) is 5.02 Å². The number of aryl methyl sites for hydroxylation is 1. The Morgan fingerprint density at radius 2 is 1.96 bits per heavy atom. The third-order valence-electron chi connectivity index (χ3n) is 3.93. The van der Waals surface area contributed by atoms with Crippen LogP contribution >= 0.6 is 11.6 Å². The van der Waals surface area contributed by atoms with Gasteiger partial charge in [0, 0.05) is 22.8 Å². The first-order valence-electron chi connectivity index (χ1n) is 7.95. The lowest BCUT2D eigenvalue weighted by atomic mass is 10.1. The fourth-order valence-electron chi connectivity index (χ4n) is 2.67. The van der Waals surface area contributed by atoms with Gasteiger partial charge in [-0.25, -0.2) is 4.79 Å². The lowest BCUT2D eigenvalue weighted by molar-refractivity contribution is 0.252. The number of pyridine rings is 1. The standard InChI is InChI=1S/C19H18ClN3O2/c1-12-4-2-5-13-10-14(18(24)23-17(12)13)8-9-21-19(25)22-16-7-3-6-15(20)11-16/h2-7,10-11H,8-9H2,1H3,(H,23,24)(H2,21,22,25). The Bertz CT molecular complexity index is 982. The quantitative estimate of drug-likeness (QED) is 0.665. The molecule has 0 atom stereocenters. The third-order valence-corrected chi connectivity index (χ3v) is 4.16. The predicted molar refractivity (Wildman–Crippen MR) is 101 cm³/mol. The van der Waals surface area contributed by atoms with Crippen LogP contribution in [0.3, 0.4) is 0 Å². The van der Waals surface area contributed by atoms with E-state index in [-0.39, 0.29) is 11.6 Å². The van der Waals surface area contributed by atoms with Crippen LogP contribution in [0.15, 0.2) is 53.3 Å². The highest BCUT2D eigenvalue weighted by molar-refractivity contribution is 6.30. The second kappa shape index (κ2) is 7.40. The maximum atomic E-state index is 12.2. The van der Waals surface area contributed by atoms with Crippen molar-refractivity contribution in [3.8, 4) is 0 Å². The molecule has 0 bridgehead atoms. The molecule has 5 nitrogen and oxygen atoms in total. The van der Waals surface area contributed by atoms with Crippen molar-refractivity contribution in [1.29, 1.82) is 0 Å². The number of carbonyl (C=O) groups is 1. The molecule has 0 spiro atoms. The van der Waals surface area contributed by atoms with E-state index in [1.807, 2.05) is 31.2 Å². The number of benzene rings is 2. The van der Waals surface area contributed by atoms with Crippen molar-refractivity contribution in [2.75, 3.05) is 11.9 Å². The Morgan fingerprint density at radius 1 is 1.16 bits per heavy atom. The van der Waals surface area contributed by atoms with Crippen molar-refractivity contribution < 1.29 is 4.79 Å². The van der Waals surface area contributed by atoms with Crippen LogP contribution in [0.5, 0.6) is 0 Å². The number of amides is 2. The summed E-state index contributed by atoms with van der Waals surface area (Å²) in [6.07, 6.45) is 0.447. The van der Waals surface area contributed by atoms with Gasteiger partial charge in [0.25, 0.3) is 5.56 Å². The van der Waals surface area contributed by atoms with E-state index in [1.165, 1.54) is 0 Å². The summed E-state index contributed by atoms with van der Waals surface area (Å²) in [6, 6.07) is 14.3. The molecule has 0 fully saturated rings. The van der Waals surface area contributed by atoms with Crippen molar-refractivity contribution in [1.82, 2.24) is 10.3 Å². The zero-order valence-electron chi connectivity index (χ0n) is 13.7. The minimum absolute atomic E-state index is 0.126. The Labute approximate surface area is 150 Å². The van der Waals surface area contributed by atoms with Crippen LogP contribution in [0.25, 0.3) is 10.9 Å². The maximum Gasteiger partial charge on any atom is 0.319 e. The molecule has 0 aliphatic rings. The van der Waals surface area contributed by atoms with Crippen molar-refractivity contribution in [2.24, 2.45) is 0 Å². The first-order valence-corrected chi connectivity index (χ1v) is 8.33. The van der Waals surface area contributed by atoms with E-state index in [2.05, 4.69) is 15.6 Å². The molecule has 0 aliphatic carbocycles. The summed E-state index contributed by atoms with van der Waals surface area (Å²) in [6.45, 7) is 2.31. The first kappa shape index (κ1) is 17.0. The molecule has 6 heteroatoms. The van der Waals surface area contributed by atoms with E-state index in [4.69, 9.17) is 11.6 Å². The Kier molecular flexibility index (Phi) is 5.05. The van der Waals surface area contributed by atoms with Gasteiger partial charge in [-0.2, -0.15) is 0 Å². The van der Waals surface area contributed by atoms with E-state index in [9.17, 15) is 9.59 Å². The average molecular weight is 356 g/mol. The fraction of sp³-hybridized carbons (Fsp3) is 0.158. The average Bonchev–Trinajstić information content (AvgIpc) is 2.56. The van der Waals surface area contributed by atoms with Crippen molar-refractivity contribution >= 4 is 34.2 Å². The summed E-state index contributed by atoms with van der Waals surface area (Å²) in [5.41, 5.74) is 3.01. The molecule has 0 aliphatic heterocycles. The lowest BCUT2D eigenvalue weighted by Gasteiger charge is -2.08. The van der Waals surface area contributed by atoms with E-state index in [0.29, 0.717) is 29.2 Å². The van der Waals surface area contributed by atoms with Gasteiger partial charge in [0.15, 0.2) is 0 Å². The Morgan fingerprint density at radius 3 is 2.76 bits per heavy atom. The topological polar surface area (TPSA) is 74.0 Å². The molecular formula is C19H18ClN3O2. The van der Waals surface area contributed by atoms with Gasteiger partial charge in [-0.3, -0.25) is 4.79 Å². The highest BCUT2D eigenvalue weighted by Crippen LogP contribution is 2.16. The summed E-state index contributed by atoms with van der Waals surface area (Å²) < 4.78 is 0. The zero-order chi connectivity index (χ0) is 17.8. The van der Waals surface area contributed by atoms with Gasteiger partial charge < -0.3 is 15.6 Å². The first-order chi connectivity index (χ1) is 12.0. The number of H-pyrrole nitrogens is 1. The zero-order valence-corrected chi connectivity index (χ0v) is 14.5. The third kappa shape index (κ3) is 4.19. The maximum absolute atomic E-state index is 12.2. The number of carbonyl (C=O) groups excluding carboxylic acids is 1. The molecule has 3 aromatic rings. The van der Waals surface area contributed by atoms with Gasteiger partial charge in [-0.05, 0) is 48.6 Å². The molecule has 1 heterocycles. The van der Waals surface area contributed by atoms with Gasteiger partial charge in [0.05, 0.1) is 5.52 Å². The smallest absolute Gasteiger partial charge is 0.319 e.